The standard InChI is InChI=1S/C39H35N7O8/c1-5-33(48)41-22-11-16-31(47)27(17-22)37(51)43-24-10-15-29-32(19-24)54-35(38(52)45(29)4)28-20-46(39(40)53)30-18-23(9-14-26(28)30)42-36(50)21-7-12-25(13-8-21)44(3)34(49)6-2/h5-19,28,35,47H,1-2,20H2,3-4H3,(H2,40,53)(H,41,48)(H,42,50)(H,43,51). The molecule has 2 aliphatic heterocycles. The lowest BCUT2D eigenvalue weighted by atomic mass is 9.93. The highest BCUT2D eigenvalue weighted by Gasteiger charge is 2.45. The highest BCUT2D eigenvalue weighted by molar-refractivity contribution is 6.09. The summed E-state index contributed by atoms with van der Waals surface area (Å²) >= 11 is 0. The van der Waals surface area contributed by atoms with Gasteiger partial charge in [0, 0.05) is 55.0 Å². The van der Waals surface area contributed by atoms with Crippen molar-refractivity contribution in [2.24, 2.45) is 5.73 Å². The summed E-state index contributed by atoms with van der Waals surface area (Å²) in [7, 11) is 3.17. The number of carbonyl (C=O) groups is 6. The van der Waals surface area contributed by atoms with Crippen LogP contribution in [0.1, 0.15) is 32.2 Å². The Morgan fingerprint density at radius 3 is 2.19 bits per heavy atom. The van der Waals surface area contributed by atoms with E-state index in [1.165, 1.54) is 45.0 Å². The Kier molecular flexibility index (Phi) is 9.88. The maximum absolute atomic E-state index is 13.7. The molecule has 54 heavy (non-hydrogen) atoms. The van der Waals surface area contributed by atoms with Crippen LogP contribution in [0.15, 0.2) is 104 Å². The minimum absolute atomic E-state index is 0.00842. The number of urea groups is 1. The van der Waals surface area contributed by atoms with Crippen LogP contribution in [-0.2, 0) is 14.4 Å². The van der Waals surface area contributed by atoms with Crippen LogP contribution in [0.25, 0.3) is 0 Å². The molecule has 274 valence electrons. The lowest BCUT2D eigenvalue weighted by molar-refractivity contribution is -0.126. The number of likely N-dealkylation sites (N-methyl/N-ethyl adjacent to an activating group) is 2. The van der Waals surface area contributed by atoms with Gasteiger partial charge in [-0.05, 0) is 84.4 Å². The third-order valence-corrected chi connectivity index (χ3v) is 9.11. The molecule has 2 heterocycles. The quantitative estimate of drug-likeness (QED) is 0.122. The van der Waals surface area contributed by atoms with Crippen molar-refractivity contribution in [2.45, 2.75) is 12.0 Å². The number of rotatable bonds is 9. The minimum Gasteiger partial charge on any atom is -0.507 e. The van der Waals surface area contributed by atoms with Gasteiger partial charge < -0.3 is 41.3 Å². The summed E-state index contributed by atoms with van der Waals surface area (Å²) in [6, 6.07) is 19.3. The number of hydrogen-bond donors (Lipinski definition) is 5. The fraction of sp³-hybridized carbons (Fsp3) is 0.128. The van der Waals surface area contributed by atoms with E-state index in [2.05, 4.69) is 29.1 Å². The molecule has 4 aromatic carbocycles. The van der Waals surface area contributed by atoms with Crippen LogP contribution in [0.5, 0.6) is 11.5 Å². The van der Waals surface area contributed by atoms with Crippen LogP contribution in [0.2, 0.25) is 0 Å². The number of benzene rings is 4. The van der Waals surface area contributed by atoms with Crippen LogP contribution in [0.3, 0.4) is 0 Å². The molecule has 0 aromatic heterocycles. The molecule has 6 N–H and O–H groups in total. The van der Waals surface area contributed by atoms with Crippen LogP contribution in [0.4, 0.5) is 38.9 Å². The van der Waals surface area contributed by atoms with Gasteiger partial charge in [0.05, 0.1) is 22.9 Å². The second-order valence-corrected chi connectivity index (χ2v) is 12.4. The molecule has 0 saturated heterocycles. The molecule has 2 aliphatic rings. The zero-order chi connectivity index (χ0) is 38.8. The number of phenols is 1. The SMILES string of the molecule is C=CC(=O)Nc1ccc(O)c(C(=O)Nc2ccc3c(c2)OC(C2CN(C(N)=O)c4cc(NC(=O)c5ccc(N(C)C(=O)C=C)cc5)ccc42)C(=O)N3C)c1. The van der Waals surface area contributed by atoms with Gasteiger partial charge in [0.25, 0.3) is 17.7 Å². The third-order valence-electron chi connectivity index (χ3n) is 9.11. The zero-order valence-electron chi connectivity index (χ0n) is 29.2. The van der Waals surface area contributed by atoms with E-state index in [4.69, 9.17) is 10.5 Å². The van der Waals surface area contributed by atoms with Gasteiger partial charge in [0.1, 0.15) is 11.5 Å². The number of primary amides is 1. The molecule has 2 unspecified atom stereocenters. The first-order chi connectivity index (χ1) is 25.8. The average molecular weight is 730 g/mol. The highest BCUT2D eigenvalue weighted by Crippen LogP contribution is 2.45. The van der Waals surface area contributed by atoms with Crippen molar-refractivity contribution >= 4 is 69.7 Å². The summed E-state index contributed by atoms with van der Waals surface area (Å²) in [5.41, 5.74) is 8.90. The molecule has 15 nitrogen and oxygen atoms in total. The number of nitrogens with two attached hydrogens (primary N) is 1. The molecule has 0 fully saturated rings. The Hall–Kier alpha value is -7.42. The Morgan fingerprint density at radius 2 is 1.50 bits per heavy atom. The van der Waals surface area contributed by atoms with Crippen molar-refractivity contribution in [2.75, 3.05) is 51.3 Å². The van der Waals surface area contributed by atoms with Crippen LogP contribution >= 0.6 is 0 Å². The van der Waals surface area contributed by atoms with Crippen molar-refractivity contribution in [3.63, 3.8) is 0 Å². The van der Waals surface area contributed by atoms with Gasteiger partial charge in [-0.2, -0.15) is 0 Å². The van der Waals surface area contributed by atoms with Crippen LogP contribution in [-0.4, -0.2) is 67.4 Å². The molecule has 6 rings (SSSR count). The van der Waals surface area contributed by atoms with E-state index in [1.807, 2.05) is 0 Å². The number of anilines is 6. The first-order valence-corrected chi connectivity index (χ1v) is 16.5. The lowest BCUT2D eigenvalue weighted by Crippen LogP contribution is -2.48. The van der Waals surface area contributed by atoms with E-state index < -0.39 is 35.8 Å². The van der Waals surface area contributed by atoms with Gasteiger partial charge in [-0.3, -0.25) is 28.9 Å². The van der Waals surface area contributed by atoms with E-state index in [9.17, 15) is 33.9 Å². The summed E-state index contributed by atoms with van der Waals surface area (Å²) in [5.74, 6) is -2.99. The van der Waals surface area contributed by atoms with E-state index in [0.29, 0.717) is 33.9 Å². The molecule has 4 aromatic rings. The van der Waals surface area contributed by atoms with Gasteiger partial charge in [-0.25, -0.2) is 4.79 Å². The number of hydrogen-bond acceptors (Lipinski definition) is 8. The van der Waals surface area contributed by atoms with E-state index in [0.717, 1.165) is 6.08 Å². The molecule has 7 amide bonds. The average Bonchev–Trinajstić information content (AvgIpc) is 3.55. The van der Waals surface area contributed by atoms with Gasteiger partial charge in [0.15, 0.2) is 6.10 Å². The summed E-state index contributed by atoms with van der Waals surface area (Å²) in [4.78, 5) is 80.4. The molecule has 0 spiro atoms. The Labute approximate surface area is 309 Å². The van der Waals surface area contributed by atoms with Gasteiger partial charge in [-0.15, -0.1) is 0 Å². The minimum atomic E-state index is -1.10. The van der Waals surface area contributed by atoms with E-state index in [-0.39, 0.29) is 46.8 Å². The summed E-state index contributed by atoms with van der Waals surface area (Å²) < 4.78 is 6.28. The molecular formula is C39H35N7O8. The Bertz CT molecular complexity index is 2250. The number of ether oxygens (including phenoxy) is 1. The number of carbonyl (C=O) groups excluding carboxylic acids is 6. The molecule has 2 atom stereocenters. The molecule has 0 bridgehead atoms. The number of nitrogens with one attached hydrogen (secondary N) is 3. The molecule has 15 heteroatoms. The van der Waals surface area contributed by atoms with Crippen LogP contribution < -0.4 is 41.1 Å². The van der Waals surface area contributed by atoms with Crippen molar-refractivity contribution in [1.82, 2.24) is 0 Å². The summed E-state index contributed by atoms with van der Waals surface area (Å²) in [6.07, 6.45) is 1.16. The van der Waals surface area contributed by atoms with Gasteiger partial charge in [-0.1, -0.05) is 19.2 Å². The lowest BCUT2D eigenvalue weighted by Gasteiger charge is -2.35. The third kappa shape index (κ3) is 7.05. The summed E-state index contributed by atoms with van der Waals surface area (Å²) in [5, 5.41) is 18.4. The van der Waals surface area contributed by atoms with E-state index in [1.54, 1.807) is 68.7 Å². The second-order valence-electron chi connectivity index (χ2n) is 12.4. The maximum atomic E-state index is 13.7. The Morgan fingerprint density at radius 1 is 0.852 bits per heavy atom. The zero-order valence-corrected chi connectivity index (χ0v) is 29.2. The Balaban J connectivity index is 1.21. The number of fused-ring (bicyclic) bond motifs is 2. The monoisotopic (exact) mass is 729 g/mol. The molecule has 0 radical (unpaired) electrons. The topological polar surface area (TPSA) is 204 Å². The van der Waals surface area contributed by atoms with Crippen molar-refractivity contribution < 1.29 is 38.6 Å². The van der Waals surface area contributed by atoms with Crippen molar-refractivity contribution in [3.05, 3.63) is 121 Å². The molecule has 0 saturated carbocycles. The maximum Gasteiger partial charge on any atom is 0.319 e. The number of phenolic OH excluding ortho intramolecular Hbond substituents is 1. The summed E-state index contributed by atoms with van der Waals surface area (Å²) in [6.45, 7) is 6.88. The number of nitrogens with zero attached hydrogens (tertiary/aromatic N) is 3. The van der Waals surface area contributed by atoms with Crippen molar-refractivity contribution in [3.8, 4) is 11.5 Å². The van der Waals surface area contributed by atoms with Crippen molar-refractivity contribution in [1.29, 1.82) is 0 Å². The number of amides is 7. The fourth-order valence-corrected chi connectivity index (χ4v) is 6.24. The number of aromatic hydroxyl groups is 1. The predicted octanol–water partition coefficient (Wildman–Crippen LogP) is 4.58. The first kappa shape index (κ1) is 36.4. The normalized spacial score (nSPS) is 15.6. The van der Waals surface area contributed by atoms with Crippen LogP contribution in [0, 0.1) is 0 Å². The molecule has 0 aliphatic carbocycles. The smallest absolute Gasteiger partial charge is 0.319 e. The van der Waals surface area contributed by atoms with Gasteiger partial charge in [0.2, 0.25) is 11.8 Å². The molecular weight excluding hydrogens is 694 g/mol. The largest absolute Gasteiger partial charge is 0.507 e. The van der Waals surface area contributed by atoms with E-state index >= 15 is 0 Å². The predicted molar refractivity (Wildman–Crippen MR) is 203 cm³/mol. The second kappa shape index (κ2) is 14.7. The van der Waals surface area contributed by atoms with Gasteiger partial charge >= 0.3 is 6.03 Å². The first-order valence-electron chi connectivity index (χ1n) is 16.5. The highest BCUT2D eigenvalue weighted by atomic mass is 16.5. The fourth-order valence-electron chi connectivity index (χ4n) is 6.24.